The summed E-state index contributed by atoms with van der Waals surface area (Å²) in [5.74, 6) is 0.496. The molecule has 0 atom stereocenters. The van der Waals surface area contributed by atoms with Crippen LogP contribution >= 0.6 is 11.6 Å². The molecule has 780 valence electrons. The van der Waals surface area contributed by atoms with E-state index in [1.165, 1.54) is 48.6 Å². The number of nitrogens with one attached hydrogen (secondary N) is 2. The first-order chi connectivity index (χ1) is 65.8. The average Bonchev–Trinajstić information content (AvgIpc) is 0.936. The van der Waals surface area contributed by atoms with Crippen LogP contribution in [-0.4, -0.2) is 345 Å². The summed E-state index contributed by atoms with van der Waals surface area (Å²) in [5, 5.41) is 5.45. The Morgan fingerprint density at radius 2 is 0.437 bits per heavy atom. The molecule has 0 aliphatic heterocycles. The molecule has 4 N–H and O–H groups in total. The number of hydrogen-bond donors (Lipinski definition) is 3. The number of carbonyl (C=O) groups excluding carboxylic acids is 11. The summed E-state index contributed by atoms with van der Waals surface area (Å²) < 4.78 is 98.1. The van der Waals surface area contributed by atoms with Gasteiger partial charge in [-0.3, -0.25) is 52.7 Å². The molecule has 0 aromatic carbocycles. The van der Waals surface area contributed by atoms with E-state index >= 15 is 0 Å². The van der Waals surface area contributed by atoms with Gasteiger partial charge in [0, 0.05) is 170 Å². The van der Waals surface area contributed by atoms with Crippen molar-refractivity contribution in [3.05, 3.63) is 114 Å². The van der Waals surface area contributed by atoms with Crippen LogP contribution in [0.1, 0.15) is 193 Å². The quantitative estimate of drug-likeness (QED) is 0.0289. The van der Waals surface area contributed by atoms with Crippen LogP contribution in [0.2, 0.25) is 0 Å². The number of rotatable bonds is 106. The van der Waals surface area contributed by atoms with Gasteiger partial charge in [-0.2, -0.15) is 0 Å². The van der Waals surface area contributed by atoms with Crippen molar-refractivity contribution in [3.63, 3.8) is 0 Å². The highest BCUT2D eigenvalue weighted by Crippen LogP contribution is 2.08. The minimum atomic E-state index is -0.509. The fourth-order valence-electron chi connectivity index (χ4n) is 10.6. The van der Waals surface area contributed by atoms with Gasteiger partial charge >= 0.3 is 0 Å². The van der Waals surface area contributed by atoms with Crippen LogP contribution in [0.25, 0.3) is 0 Å². The fraction of sp³-hybridized carbons (Fsp3) is 0.713. The number of ether oxygens (including phenoxy) is 18. The van der Waals surface area contributed by atoms with E-state index in [0.717, 1.165) is 135 Å². The largest absolute Gasteiger partial charge is 0.379 e. The van der Waals surface area contributed by atoms with Crippen molar-refractivity contribution in [2.75, 3.05) is 277 Å². The van der Waals surface area contributed by atoms with Gasteiger partial charge in [-0.15, -0.1) is 0 Å². The van der Waals surface area contributed by atoms with E-state index in [-0.39, 0.29) is 58.1 Å². The summed E-state index contributed by atoms with van der Waals surface area (Å²) in [6, 6.07) is 0. The van der Waals surface area contributed by atoms with Crippen LogP contribution in [0.3, 0.4) is 0 Å². The van der Waals surface area contributed by atoms with Gasteiger partial charge in [0.25, 0.3) is 0 Å². The number of allylic oxidation sites excluding steroid dienone is 7. The maximum absolute atomic E-state index is 12.3. The molecule has 0 saturated heterocycles. The number of ketones is 8. The number of amides is 2. The molecule has 0 radical (unpaired) electrons. The van der Waals surface area contributed by atoms with Crippen molar-refractivity contribution in [2.45, 2.75) is 193 Å². The number of nitrogens with zero attached hydrogens (tertiary/aromatic N) is 1. The van der Waals surface area contributed by atoms with Crippen molar-refractivity contribution in [1.29, 1.82) is 0 Å². The van der Waals surface area contributed by atoms with Crippen molar-refractivity contribution >= 4 is 74.9 Å². The molecule has 135 heavy (non-hydrogen) atoms. The third-order valence-electron chi connectivity index (χ3n) is 18.3. The standard InChI is InChI=1S/C35H59NO10.C32H57NO9.C17H29NO5.C14H27NO4.C3H3ClO/c1-4-32(37)14-7-10-20-41-24-28-45-29-26-43-22-12-9-16-34(39)17-19-36(35(40)6-3)18-13-23-44-27-31-46-30-25-42-21-11-8-15-33(38)5-2;1-3-30(34)12-5-8-18-37-22-26-41-27-24-39-20-10-7-14-32(36)15-17-33-16-11-21-40-25-29-42-28-23-38-19-9-6-13-31(35)4-2;1-3-16(19)8-5-6-10-21-12-14-23-15-13-22-11-7-9-18-17(20)4-2;1-2-14(16)6-3-4-8-17-10-12-19-13-11-18-9-5-7-15;1-2-3(4)5/h4-6H,1-3,7-31H2;3-4,33H,1-2,5-29H2;3-4H,1-2,5-15H2,(H,18,20);2H,1,3-13,15H2;2H,1H2. The van der Waals surface area contributed by atoms with Gasteiger partial charge in [0.05, 0.1) is 159 Å². The zero-order valence-electron chi connectivity index (χ0n) is 82.2. The number of Topliss-reactive ketones (excluding diaryl/α,β-unsaturated/α-hetero) is 2. The van der Waals surface area contributed by atoms with Crippen LogP contribution in [0.5, 0.6) is 0 Å². The van der Waals surface area contributed by atoms with Crippen LogP contribution in [0, 0.1) is 0 Å². The first-order valence-corrected chi connectivity index (χ1v) is 48.6. The SMILES string of the molecule is C=CC(=O)CCCCOCCOCCOCCCCC(=O)CCN(CCCOCCOCCOCCCCC(=O)C=C)C(=O)C=C.C=CC(=O)CCCCOCCOCCOCCCCC(=O)CCNCCCOCCOCCOCCCCC(=O)C=C.C=CC(=O)CCCCOCCOCCOCCCN.C=CC(=O)CCCCOCCOCCOCCCNC(=O)C=C.C=CC(=O)Cl. The van der Waals surface area contributed by atoms with E-state index in [4.69, 9.17) is 103 Å². The molecule has 2 amide bonds. The third kappa shape index (κ3) is 125. The molecule has 0 bridgehead atoms. The summed E-state index contributed by atoms with van der Waals surface area (Å²) in [4.78, 5) is 125. The number of hydrogen-bond acceptors (Lipinski definition) is 31. The molecule has 0 aliphatic carbocycles. The normalized spacial score (nSPS) is 10.6. The highest BCUT2D eigenvalue weighted by Gasteiger charge is 2.14. The van der Waals surface area contributed by atoms with Crippen molar-refractivity contribution in [1.82, 2.24) is 15.5 Å². The molecular formula is C101H175ClN4O29. The summed E-state index contributed by atoms with van der Waals surface area (Å²) in [7, 11) is 0. The van der Waals surface area contributed by atoms with E-state index in [2.05, 4.69) is 69.8 Å². The van der Waals surface area contributed by atoms with E-state index in [1.54, 1.807) is 4.90 Å². The van der Waals surface area contributed by atoms with Crippen LogP contribution in [-0.2, 0) is 138 Å². The number of unbranched alkanes of at least 4 members (excludes halogenated alkanes) is 8. The maximum atomic E-state index is 12.3. The van der Waals surface area contributed by atoms with E-state index in [0.29, 0.717) is 341 Å². The Morgan fingerprint density at radius 3 is 0.667 bits per heavy atom. The van der Waals surface area contributed by atoms with Crippen LogP contribution in [0.4, 0.5) is 0 Å². The molecule has 0 saturated carbocycles. The first kappa shape index (κ1) is 137. The number of nitrogens with two attached hydrogens (primary N) is 1. The molecule has 0 aliphatic rings. The van der Waals surface area contributed by atoms with Gasteiger partial charge in [0.15, 0.2) is 34.7 Å². The van der Waals surface area contributed by atoms with Crippen molar-refractivity contribution in [2.24, 2.45) is 5.73 Å². The summed E-state index contributed by atoms with van der Waals surface area (Å²) >= 11 is 4.71. The molecule has 33 nitrogen and oxygen atoms in total. The second-order valence-corrected chi connectivity index (χ2v) is 30.1. The van der Waals surface area contributed by atoms with Gasteiger partial charge in [0.1, 0.15) is 11.6 Å². The Hall–Kier alpha value is -6.88. The average molecular weight is 1940 g/mol. The van der Waals surface area contributed by atoms with E-state index in [9.17, 15) is 52.7 Å². The predicted octanol–water partition coefficient (Wildman–Crippen LogP) is 12.4. The van der Waals surface area contributed by atoms with Gasteiger partial charge in [-0.25, -0.2) is 0 Å². The zero-order chi connectivity index (χ0) is 100. The zero-order valence-corrected chi connectivity index (χ0v) is 83.0. The second kappa shape index (κ2) is 119. The van der Waals surface area contributed by atoms with Gasteiger partial charge in [0.2, 0.25) is 17.1 Å². The lowest BCUT2D eigenvalue weighted by molar-refractivity contribution is -0.127. The van der Waals surface area contributed by atoms with Gasteiger partial charge in [-0.05, 0) is 208 Å². The molecule has 0 aromatic rings. The van der Waals surface area contributed by atoms with Gasteiger partial charge in [-0.1, -0.05) is 59.2 Å². The first-order valence-electron chi connectivity index (χ1n) is 48.2. The molecule has 0 fully saturated rings. The lowest BCUT2D eigenvalue weighted by Crippen LogP contribution is -2.33. The number of carbonyl (C=O) groups is 11. The predicted molar refractivity (Wildman–Crippen MR) is 527 cm³/mol. The molecule has 34 heteroatoms. The molecule has 0 spiro atoms. The lowest BCUT2D eigenvalue weighted by Gasteiger charge is -2.21. The van der Waals surface area contributed by atoms with Crippen LogP contribution < -0.4 is 16.4 Å². The van der Waals surface area contributed by atoms with Crippen molar-refractivity contribution < 1.29 is 138 Å². The minimum absolute atomic E-state index is 0.0597. The highest BCUT2D eigenvalue weighted by atomic mass is 35.5. The Balaban J connectivity index is -0.000000576. The second-order valence-electron chi connectivity index (χ2n) is 29.8. The monoisotopic (exact) mass is 1940 g/mol. The summed E-state index contributed by atoms with van der Waals surface area (Å²) in [6.45, 7) is 54.3. The Labute approximate surface area is 813 Å². The molecule has 0 aromatic heterocycles. The van der Waals surface area contributed by atoms with Crippen molar-refractivity contribution in [3.8, 4) is 0 Å². The fourth-order valence-corrected chi connectivity index (χ4v) is 10.6. The third-order valence-corrected chi connectivity index (χ3v) is 18.4. The number of halogens is 1. The lowest BCUT2D eigenvalue weighted by atomic mass is 10.1. The summed E-state index contributed by atoms with van der Waals surface area (Å²) in [5.41, 5.74) is 5.33. The molecular weight excluding hydrogens is 1770 g/mol. The molecule has 0 heterocycles. The van der Waals surface area contributed by atoms with E-state index in [1.807, 2.05) is 0 Å². The Kier molecular flexibility index (Phi) is 121. The Bertz CT molecular complexity index is 2880. The molecule has 0 unspecified atom stereocenters. The maximum Gasteiger partial charge on any atom is 0.245 e. The smallest absolute Gasteiger partial charge is 0.245 e. The topological polar surface area (TPSA) is 407 Å². The minimum Gasteiger partial charge on any atom is -0.379 e. The van der Waals surface area contributed by atoms with Crippen LogP contribution in [0.15, 0.2) is 114 Å². The molecule has 0 rings (SSSR count). The van der Waals surface area contributed by atoms with Gasteiger partial charge < -0.3 is 107 Å². The van der Waals surface area contributed by atoms with E-state index < -0.39 is 5.24 Å². The highest BCUT2D eigenvalue weighted by molar-refractivity contribution is 6.66. The Morgan fingerprint density at radius 1 is 0.222 bits per heavy atom. The summed E-state index contributed by atoms with van der Waals surface area (Å²) in [6.07, 6.45) is 33.3.